The van der Waals surface area contributed by atoms with Crippen LogP contribution in [-0.2, 0) is 14.8 Å². The lowest BCUT2D eigenvalue weighted by Crippen LogP contribution is -2.35. The maximum absolute atomic E-state index is 12.4. The molecule has 0 aromatic heterocycles. The first-order chi connectivity index (χ1) is 12.5. The lowest BCUT2D eigenvalue weighted by Gasteiger charge is -2.14. The molecule has 0 saturated carbocycles. The van der Waals surface area contributed by atoms with Crippen LogP contribution in [0.2, 0.25) is 0 Å². The first-order valence-corrected chi connectivity index (χ1v) is 10.5. The molecule has 1 N–H and O–H groups in total. The fraction of sp³-hybridized carbons (Fsp3) is 0.222. The number of amides is 2. The third-order valence-electron chi connectivity index (χ3n) is 3.89. The van der Waals surface area contributed by atoms with Gasteiger partial charge in [0.05, 0.1) is 5.56 Å². The van der Waals surface area contributed by atoms with Crippen LogP contribution in [0.4, 0.5) is 0 Å². The summed E-state index contributed by atoms with van der Waals surface area (Å²) in [6, 6.07) is 15.9. The Labute approximate surface area is 156 Å². The van der Waals surface area contributed by atoms with E-state index >= 15 is 0 Å². The molecule has 1 heterocycles. The molecule has 0 radical (unpaired) electrons. The number of sulfonamides is 1. The summed E-state index contributed by atoms with van der Waals surface area (Å²) in [5, 5.41) is 2.75. The first-order valence-electron chi connectivity index (χ1n) is 8.11. The Bertz CT molecular complexity index is 914. The zero-order chi connectivity index (χ0) is 18.6. The summed E-state index contributed by atoms with van der Waals surface area (Å²) in [4.78, 5) is 25.3. The van der Waals surface area contributed by atoms with Crippen molar-refractivity contribution in [2.75, 3.05) is 18.8 Å². The maximum Gasteiger partial charge on any atom is 0.269 e. The fourth-order valence-corrected chi connectivity index (χ4v) is 4.98. The van der Waals surface area contributed by atoms with Gasteiger partial charge in [-0.2, -0.15) is 0 Å². The molecular weight excluding hydrogens is 372 g/mol. The number of fused-ring (bicyclic) bond motifs is 1. The molecular formula is C18H18N2O4S2. The Hall–Kier alpha value is -2.32. The zero-order valence-electron chi connectivity index (χ0n) is 13.9. The van der Waals surface area contributed by atoms with E-state index in [1.165, 1.54) is 12.1 Å². The minimum absolute atomic E-state index is 0.00432. The third kappa shape index (κ3) is 3.91. The highest BCUT2D eigenvalue weighted by atomic mass is 32.2. The molecule has 0 unspecified atom stereocenters. The molecule has 3 rings (SSSR count). The van der Waals surface area contributed by atoms with E-state index < -0.39 is 15.9 Å². The minimum Gasteiger partial charge on any atom is -0.355 e. The molecule has 2 aromatic rings. The van der Waals surface area contributed by atoms with Crippen molar-refractivity contribution in [3.05, 3.63) is 60.2 Å². The van der Waals surface area contributed by atoms with Crippen LogP contribution in [-0.4, -0.2) is 43.4 Å². The van der Waals surface area contributed by atoms with Gasteiger partial charge in [-0.25, -0.2) is 12.7 Å². The van der Waals surface area contributed by atoms with E-state index in [-0.39, 0.29) is 29.3 Å². The predicted molar refractivity (Wildman–Crippen MR) is 99.5 cm³/mol. The SMILES string of the molecule is O=C(CCN1C(=O)c2ccccc2S1(=O)=O)NCCSc1ccccc1. The third-order valence-corrected chi connectivity index (χ3v) is 6.74. The Morgan fingerprint density at radius 1 is 1.04 bits per heavy atom. The van der Waals surface area contributed by atoms with E-state index in [4.69, 9.17) is 0 Å². The molecule has 1 aliphatic heterocycles. The van der Waals surface area contributed by atoms with Crippen molar-refractivity contribution in [1.82, 2.24) is 9.62 Å². The average Bonchev–Trinajstić information content (AvgIpc) is 2.84. The summed E-state index contributed by atoms with van der Waals surface area (Å²) in [6.45, 7) is 0.312. The Morgan fingerprint density at radius 3 is 2.46 bits per heavy atom. The quantitative estimate of drug-likeness (QED) is 0.578. The van der Waals surface area contributed by atoms with Crippen LogP contribution in [0.25, 0.3) is 0 Å². The summed E-state index contributed by atoms with van der Waals surface area (Å²) in [6.07, 6.45) is -0.0606. The topological polar surface area (TPSA) is 83.6 Å². The van der Waals surface area contributed by atoms with E-state index in [9.17, 15) is 18.0 Å². The van der Waals surface area contributed by atoms with Crippen LogP contribution in [0.3, 0.4) is 0 Å². The van der Waals surface area contributed by atoms with E-state index in [1.54, 1.807) is 23.9 Å². The molecule has 0 fully saturated rings. The lowest BCUT2D eigenvalue weighted by atomic mass is 10.2. The maximum atomic E-state index is 12.4. The van der Waals surface area contributed by atoms with Crippen LogP contribution >= 0.6 is 11.8 Å². The van der Waals surface area contributed by atoms with Gasteiger partial charge < -0.3 is 5.32 Å². The minimum atomic E-state index is -3.85. The highest BCUT2D eigenvalue weighted by Gasteiger charge is 2.40. The van der Waals surface area contributed by atoms with Gasteiger partial charge in [0.15, 0.2) is 0 Å². The number of thioether (sulfide) groups is 1. The highest BCUT2D eigenvalue weighted by molar-refractivity contribution is 7.99. The summed E-state index contributed by atoms with van der Waals surface area (Å²) in [5.74, 6) is -0.145. The van der Waals surface area contributed by atoms with Gasteiger partial charge in [0, 0.05) is 30.2 Å². The number of nitrogens with one attached hydrogen (secondary N) is 1. The van der Waals surface area contributed by atoms with Crippen molar-refractivity contribution < 1.29 is 18.0 Å². The molecule has 0 saturated heterocycles. The molecule has 8 heteroatoms. The van der Waals surface area contributed by atoms with Gasteiger partial charge in [0.1, 0.15) is 4.90 Å². The molecule has 0 bridgehead atoms. The summed E-state index contributed by atoms with van der Waals surface area (Å²) >= 11 is 1.62. The van der Waals surface area contributed by atoms with Crippen LogP contribution in [0, 0.1) is 0 Å². The summed E-state index contributed by atoms with van der Waals surface area (Å²) in [5.41, 5.74) is 0.159. The molecule has 0 aliphatic carbocycles. The Kier molecular flexibility index (Phi) is 5.63. The standard InChI is InChI=1S/C18H18N2O4S2/c21-17(19-11-13-25-14-6-2-1-3-7-14)10-12-20-18(22)15-8-4-5-9-16(15)26(20,23)24/h1-9H,10-13H2,(H,19,21). The normalized spacial score (nSPS) is 14.9. The van der Waals surface area contributed by atoms with Gasteiger partial charge >= 0.3 is 0 Å². The molecule has 0 spiro atoms. The molecule has 0 atom stereocenters. The second-order valence-corrected chi connectivity index (χ2v) is 8.64. The van der Waals surface area contributed by atoms with Gasteiger partial charge in [-0.1, -0.05) is 30.3 Å². The number of benzene rings is 2. The second kappa shape index (κ2) is 7.92. The monoisotopic (exact) mass is 390 g/mol. The number of carbonyl (C=O) groups is 2. The second-order valence-electron chi connectivity index (χ2n) is 5.64. The van der Waals surface area contributed by atoms with Crippen molar-refractivity contribution in [2.45, 2.75) is 16.2 Å². The van der Waals surface area contributed by atoms with Crippen molar-refractivity contribution in [2.24, 2.45) is 0 Å². The van der Waals surface area contributed by atoms with E-state index in [2.05, 4.69) is 5.32 Å². The van der Waals surface area contributed by atoms with Crippen LogP contribution in [0.1, 0.15) is 16.8 Å². The highest BCUT2D eigenvalue weighted by Crippen LogP contribution is 2.29. The van der Waals surface area contributed by atoms with Crippen LogP contribution < -0.4 is 5.32 Å². The Balaban J connectivity index is 1.47. The summed E-state index contributed by atoms with van der Waals surface area (Å²) < 4.78 is 25.6. The molecule has 2 aromatic carbocycles. The largest absolute Gasteiger partial charge is 0.355 e. The zero-order valence-corrected chi connectivity index (χ0v) is 15.6. The number of hydrogen-bond donors (Lipinski definition) is 1. The Morgan fingerprint density at radius 2 is 1.73 bits per heavy atom. The average molecular weight is 390 g/mol. The smallest absolute Gasteiger partial charge is 0.269 e. The predicted octanol–water partition coefficient (Wildman–Crippen LogP) is 2.13. The van der Waals surface area contributed by atoms with Crippen molar-refractivity contribution in [1.29, 1.82) is 0 Å². The van der Waals surface area contributed by atoms with Crippen molar-refractivity contribution in [3.63, 3.8) is 0 Å². The molecule has 6 nitrogen and oxygen atoms in total. The number of nitrogens with zero attached hydrogens (tertiary/aromatic N) is 1. The summed E-state index contributed by atoms with van der Waals surface area (Å²) in [7, 11) is -3.85. The van der Waals surface area contributed by atoms with Gasteiger partial charge in [-0.05, 0) is 24.3 Å². The molecule has 2 amide bonds. The van der Waals surface area contributed by atoms with Gasteiger partial charge in [0.2, 0.25) is 5.91 Å². The van der Waals surface area contributed by atoms with Crippen LogP contribution in [0.15, 0.2) is 64.4 Å². The molecule has 26 heavy (non-hydrogen) atoms. The van der Waals surface area contributed by atoms with Gasteiger partial charge in [-0.15, -0.1) is 11.8 Å². The van der Waals surface area contributed by atoms with Gasteiger partial charge in [-0.3, -0.25) is 9.59 Å². The fourth-order valence-electron chi connectivity index (χ4n) is 2.62. The number of rotatable bonds is 7. The van der Waals surface area contributed by atoms with Crippen molar-refractivity contribution in [3.8, 4) is 0 Å². The molecule has 1 aliphatic rings. The first kappa shape index (κ1) is 18.5. The van der Waals surface area contributed by atoms with Gasteiger partial charge in [0.25, 0.3) is 15.9 Å². The van der Waals surface area contributed by atoms with Crippen LogP contribution in [0.5, 0.6) is 0 Å². The number of hydrogen-bond acceptors (Lipinski definition) is 5. The van der Waals surface area contributed by atoms with E-state index in [1.807, 2.05) is 30.3 Å². The van der Waals surface area contributed by atoms with E-state index in [0.717, 1.165) is 9.20 Å². The number of carbonyl (C=O) groups excluding carboxylic acids is 2. The lowest BCUT2D eigenvalue weighted by molar-refractivity contribution is -0.120. The van der Waals surface area contributed by atoms with E-state index in [0.29, 0.717) is 12.3 Å². The molecule has 136 valence electrons. The van der Waals surface area contributed by atoms with Crippen molar-refractivity contribution >= 4 is 33.6 Å².